The van der Waals surface area contributed by atoms with Crippen LogP contribution in [-0.2, 0) is 10.0 Å². The number of sulfonamides is 1. The van der Waals surface area contributed by atoms with Crippen molar-refractivity contribution in [2.24, 2.45) is 0 Å². The van der Waals surface area contributed by atoms with Gasteiger partial charge in [-0.1, -0.05) is 13.8 Å². The third-order valence-electron chi connectivity index (χ3n) is 5.16. The molecule has 0 spiro atoms. The van der Waals surface area contributed by atoms with Crippen LogP contribution < -0.4 is 10.9 Å². The molecule has 1 amide bonds. The lowest BCUT2D eigenvalue weighted by molar-refractivity contribution is 0.102. The quantitative estimate of drug-likeness (QED) is 0.400. The number of H-pyrrole nitrogens is 1. The van der Waals surface area contributed by atoms with E-state index in [2.05, 4.69) is 20.4 Å². The van der Waals surface area contributed by atoms with Crippen LogP contribution in [0.15, 0.2) is 68.9 Å². The Balaban J connectivity index is 1.72. The summed E-state index contributed by atoms with van der Waals surface area (Å²) in [4.78, 5) is 32.4. The van der Waals surface area contributed by atoms with Crippen LogP contribution in [0.5, 0.6) is 0 Å². The molecule has 182 valence electrons. The number of furan rings is 1. The molecule has 0 saturated carbocycles. The maximum absolute atomic E-state index is 13.0. The molecule has 11 nitrogen and oxygen atoms in total. The van der Waals surface area contributed by atoms with Gasteiger partial charge >= 0.3 is 0 Å². The summed E-state index contributed by atoms with van der Waals surface area (Å²) in [5.41, 5.74) is 0.847. The first-order chi connectivity index (χ1) is 16.6. The summed E-state index contributed by atoms with van der Waals surface area (Å²) in [6, 6.07) is 12.0. The molecule has 0 unspecified atom stereocenters. The fourth-order valence-electron chi connectivity index (χ4n) is 3.21. The lowest BCUT2D eigenvalue weighted by Gasteiger charge is -2.12. The molecule has 0 saturated heterocycles. The van der Waals surface area contributed by atoms with Gasteiger partial charge in [-0.3, -0.25) is 14.6 Å². The molecule has 35 heavy (non-hydrogen) atoms. The van der Waals surface area contributed by atoms with Gasteiger partial charge in [0.2, 0.25) is 16.0 Å². The molecule has 2 N–H and O–H groups in total. The summed E-state index contributed by atoms with van der Waals surface area (Å²) in [5.74, 6) is 0.302. The van der Waals surface area contributed by atoms with Crippen LogP contribution in [0.25, 0.3) is 17.4 Å². The van der Waals surface area contributed by atoms with Crippen LogP contribution in [0, 0.1) is 0 Å². The van der Waals surface area contributed by atoms with E-state index in [1.54, 1.807) is 18.2 Å². The van der Waals surface area contributed by atoms with Crippen LogP contribution in [0.4, 0.5) is 5.82 Å². The molecule has 0 aliphatic rings. The van der Waals surface area contributed by atoms with Gasteiger partial charge in [0, 0.05) is 31.8 Å². The number of nitrogens with one attached hydrogen (secondary N) is 2. The van der Waals surface area contributed by atoms with Crippen LogP contribution in [0.1, 0.15) is 35.8 Å². The average molecular weight is 497 g/mol. The second kappa shape index (κ2) is 9.31. The average Bonchev–Trinajstić information content (AvgIpc) is 3.49. The molecule has 4 aromatic rings. The van der Waals surface area contributed by atoms with Crippen LogP contribution in [-0.4, -0.2) is 52.5 Å². The highest BCUT2D eigenvalue weighted by Gasteiger charge is 2.20. The Morgan fingerprint density at radius 2 is 1.86 bits per heavy atom. The van der Waals surface area contributed by atoms with Crippen molar-refractivity contribution in [3.8, 4) is 17.4 Å². The maximum atomic E-state index is 13.0. The maximum Gasteiger partial charge on any atom is 0.256 e. The second-order valence-electron chi connectivity index (χ2n) is 8.22. The summed E-state index contributed by atoms with van der Waals surface area (Å²) in [6.45, 7) is 3.82. The minimum atomic E-state index is -3.62. The highest BCUT2D eigenvalue weighted by Crippen LogP contribution is 2.25. The number of anilines is 1. The molecule has 12 heteroatoms. The van der Waals surface area contributed by atoms with E-state index < -0.39 is 15.9 Å². The van der Waals surface area contributed by atoms with Crippen molar-refractivity contribution in [3.05, 3.63) is 76.4 Å². The lowest BCUT2D eigenvalue weighted by Crippen LogP contribution is -2.22. The summed E-state index contributed by atoms with van der Waals surface area (Å²) in [6.07, 6.45) is 1.50. The van der Waals surface area contributed by atoms with Crippen molar-refractivity contribution >= 4 is 21.7 Å². The van der Waals surface area contributed by atoms with Gasteiger partial charge < -0.3 is 9.73 Å². The Hall–Kier alpha value is -4.03. The first-order valence-corrected chi connectivity index (χ1v) is 12.1. The highest BCUT2D eigenvalue weighted by molar-refractivity contribution is 7.89. The van der Waals surface area contributed by atoms with Crippen LogP contribution in [0.3, 0.4) is 0 Å². The zero-order valence-corrected chi connectivity index (χ0v) is 20.3. The van der Waals surface area contributed by atoms with Gasteiger partial charge in [-0.25, -0.2) is 17.7 Å². The largest absolute Gasteiger partial charge is 0.463 e. The fourth-order valence-corrected chi connectivity index (χ4v) is 4.11. The van der Waals surface area contributed by atoms with Crippen molar-refractivity contribution in [3.63, 3.8) is 0 Å². The van der Waals surface area contributed by atoms with Crippen LogP contribution in [0.2, 0.25) is 0 Å². The van der Waals surface area contributed by atoms with Crippen molar-refractivity contribution in [1.29, 1.82) is 0 Å². The topological polar surface area (TPSA) is 143 Å². The van der Waals surface area contributed by atoms with E-state index in [1.165, 1.54) is 55.4 Å². The number of carbonyl (C=O) groups excluding carboxylic acids is 1. The monoisotopic (exact) mass is 496 g/mol. The van der Waals surface area contributed by atoms with Crippen molar-refractivity contribution in [2.75, 3.05) is 19.4 Å². The highest BCUT2D eigenvalue weighted by atomic mass is 32.2. The predicted octanol–water partition coefficient (Wildman–Crippen LogP) is 2.84. The fraction of sp³-hybridized carbons (Fsp3) is 0.217. The minimum Gasteiger partial charge on any atom is -0.463 e. The molecule has 0 fully saturated rings. The molecule has 3 heterocycles. The number of hydrogen-bond donors (Lipinski definition) is 2. The van der Waals surface area contributed by atoms with Gasteiger partial charge in [0.1, 0.15) is 11.5 Å². The number of rotatable bonds is 7. The summed E-state index contributed by atoms with van der Waals surface area (Å²) in [5, 5.41) is 7.22. The zero-order chi connectivity index (χ0) is 25.3. The van der Waals surface area contributed by atoms with Gasteiger partial charge in [-0.2, -0.15) is 9.78 Å². The number of nitrogens with zero attached hydrogens (tertiary/aromatic N) is 4. The standard InChI is InChI=1S/C23H24N6O5S/c1-14(2)17-13-21(30)26-23(24-17)29-20(12-18(27-29)19-6-5-11-34-19)25-22(31)15-7-9-16(10-8-15)35(32,33)28(3)4/h5-14H,1-4H3,(H,25,31)(H,24,26,30). The van der Waals surface area contributed by atoms with Gasteiger partial charge in [-0.05, 0) is 42.3 Å². The van der Waals surface area contributed by atoms with E-state index in [0.717, 1.165) is 4.31 Å². The van der Waals surface area contributed by atoms with E-state index in [0.29, 0.717) is 17.1 Å². The van der Waals surface area contributed by atoms with Crippen molar-refractivity contribution in [2.45, 2.75) is 24.7 Å². The van der Waals surface area contributed by atoms with Gasteiger partial charge in [0.25, 0.3) is 11.5 Å². The SMILES string of the molecule is CC(C)c1cc(=O)[nH]c(-n2nc(-c3ccco3)cc2NC(=O)c2ccc(S(=O)(=O)N(C)C)cc2)n1. The second-order valence-corrected chi connectivity index (χ2v) is 10.4. The van der Waals surface area contributed by atoms with Crippen molar-refractivity contribution in [1.82, 2.24) is 24.1 Å². The number of benzene rings is 1. The summed E-state index contributed by atoms with van der Waals surface area (Å²) >= 11 is 0. The number of amides is 1. The first kappa shape index (κ1) is 24.1. The molecule has 1 aromatic carbocycles. The third kappa shape index (κ3) is 4.93. The summed E-state index contributed by atoms with van der Waals surface area (Å²) in [7, 11) is -0.761. The number of hydrogen-bond acceptors (Lipinski definition) is 7. The predicted molar refractivity (Wildman–Crippen MR) is 129 cm³/mol. The van der Waals surface area contributed by atoms with E-state index in [4.69, 9.17) is 4.42 Å². The van der Waals surface area contributed by atoms with Crippen LogP contribution >= 0.6 is 0 Å². The van der Waals surface area contributed by atoms with Crippen molar-refractivity contribution < 1.29 is 17.6 Å². The Morgan fingerprint density at radius 3 is 2.46 bits per heavy atom. The first-order valence-electron chi connectivity index (χ1n) is 10.7. The molecule has 3 aromatic heterocycles. The van der Waals surface area contributed by atoms with E-state index in [-0.39, 0.29) is 33.7 Å². The smallest absolute Gasteiger partial charge is 0.256 e. The number of carbonyl (C=O) groups is 1. The van der Waals surface area contributed by atoms with Gasteiger partial charge in [0.05, 0.1) is 16.9 Å². The van der Waals surface area contributed by atoms with Gasteiger partial charge in [-0.15, -0.1) is 0 Å². The molecule has 0 bridgehead atoms. The number of aromatic amines is 1. The molecular formula is C23H24N6O5S. The number of aromatic nitrogens is 4. The van der Waals surface area contributed by atoms with E-state index in [9.17, 15) is 18.0 Å². The lowest BCUT2D eigenvalue weighted by atomic mass is 10.1. The summed E-state index contributed by atoms with van der Waals surface area (Å²) < 4.78 is 32.4. The Bertz CT molecular complexity index is 1520. The van der Waals surface area contributed by atoms with E-state index in [1.807, 2.05) is 13.8 Å². The molecular weight excluding hydrogens is 472 g/mol. The van der Waals surface area contributed by atoms with E-state index >= 15 is 0 Å². The molecule has 0 aliphatic carbocycles. The zero-order valence-electron chi connectivity index (χ0n) is 19.5. The molecule has 4 rings (SSSR count). The molecule has 0 radical (unpaired) electrons. The third-order valence-corrected chi connectivity index (χ3v) is 6.99. The Kier molecular flexibility index (Phi) is 6.41. The molecule has 0 aliphatic heterocycles. The Labute approximate surface area is 201 Å². The Morgan fingerprint density at radius 1 is 1.14 bits per heavy atom. The normalized spacial score (nSPS) is 11.8. The van der Waals surface area contributed by atoms with Gasteiger partial charge in [0.15, 0.2) is 5.76 Å². The minimum absolute atomic E-state index is 0.00819. The molecule has 0 atom stereocenters.